The van der Waals surface area contributed by atoms with Gasteiger partial charge in [0, 0.05) is 24.4 Å². The SMILES string of the molecule is CCc1nccc(-c2c(-c3cccc(NS(=O)(=O)c4c(F)ccc(C)c4F)c3F)nc3ccc(F)cn23)n1. The number of aryl methyl sites for hydroxylation is 2. The number of fused-ring (bicyclic) bond motifs is 1. The highest BCUT2D eigenvalue weighted by molar-refractivity contribution is 7.92. The van der Waals surface area contributed by atoms with Crippen LogP contribution in [-0.2, 0) is 16.4 Å². The number of hydrogen-bond acceptors (Lipinski definition) is 5. The second kappa shape index (κ2) is 9.53. The maximum Gasteiger partial charge on any atom is 0.267 e. The van der Waals surface area contributed by atoms with Crippen LogP contribution >= 0.6 is 0 Å². The number of rotatable bonds is 6. The average Bonchev–Trinajstić information content (AvgIpc) is 3.25. The molecule has 0 saturated carbocycles. The van der Waals surface area contributed by atoms with Gasteiger partial charge in [-0.2, -0.15) is 0 Å². The lowest BCUT2D eigenvalue weighted by Crippen LogP contribution is -2.18. The zero-order chi connectivity index (χ0) is 27.2. The molecule has 3 aromatic heterocycles. The van der Waals surface area contributed by atoms with Gasteiger partial charge in [-0.05, 0) is 48.9 Å². The van der Waals surface area contributed by atoms with Crippen LogP contribution in [0.4, 0.5) is 23.2 Å². The summed E-state index contributed by atoms with van der Waals surface area (Å²) >= 11 is 0. The number of sulfonamides is 1. The lowest BCUT2D eigenvalue weighted by atomic mass is 10.1. The Kier molecular flexibility index (Phi) is 6.35. The molecule has 3 heterocycles. The third kappa shape index (κ3) is 4.36. The van der Waals surface area contributed by atoms with E-state index in [0.29, 0.717) is 17.9 Å². The molecule has 0 unspecified atom stereocenters. The van der Waals surface area contributed by atoms with E-state index in [1.807, 2.05) is 11.6 Å². The number of aromatic nitrogens is 4. The van der Waals surface area contributed by atoms with E-state index in [1.54, 1.807) is 6.07 Å². The number of imidazole rings is 1. The summed E-state index contributed by atoms with van der Waals surface area (Å²) in [5.74, 6) is -3.74. The van der Waals surface area contributed by atoms with Crippen LogP contribution in [0.15, 0.2) is 65.8 Å². The molecule has 0 spiro atoms. The average molecular weight is 542 g/mol. The Morgan fingerprint density at radius 2 is 1.74 bits per heavy atom. The Balaban J connectivity index is 1.69. The molecule has 7 nitrogen and oxygen atoms in total. The lowest BCUT2D eigenvalue weighted by molar-refractivity contribution is 0.516. The highest BCUT2D eigenvalue weighted by Gasteiger charge is 2.28. The second-order valence-corrected chi connectivity index (χ2v) is 10.00. The smallest absolute Gasteiger partial charge is 0.267 e. The van der Waals surface area contributed by atoms with Crippen molar-refractivity contribution in [1.82, 2.24) is 19.4 Å². The molecule has 0 amide bonds. The Hall–Kier alpha value is -4.32. The molecule has 0 aliphatic heterocycles. The van der Waals surface area contributed by atoms with Crippen molar-refractivity contribution in [3.05, 3.63) is 95.6 Å². The molecule has 38 heavy (non-hydrogen) atoms. The monoisotopic (exact) mass is 541 g/mol. The maximum atomic E-state index is 15.9. The summed E-state index contributed by atoms with van der Waals surface area (Å²) in [5.41, 5.74) is 0.0923. The first-order valence-electron chi connectivity index (χ1n) is 11.4. The van der Waals surface area contributed by atoms with Gasteiger partial charge in [0.05, 0.1) is 17.1 Å². The van der Waals surface area contributed by atoms with E-state index < -0.39 is 43.9 Å². The molecule has 2 aromatic carbocycles. The van der Waals surface area contributed by atoms with Crippen molar-refractivity contribution >= 4 is 21.4 Å². The fraction of sp³-hybridized carbons (Fsp3) is 0.115. The molecular formula is C26H19F4N5O2S. The standard InChI is InChI=1S/C26H19F4N5O2S/c1-3-20-31-12-11-19(32-20)25-24(33-21-10-8-15(27)13-35(21)25)16-5-4-6-18(23(16)30)34-38(36,37)26-17(28)9-7-14(2)22(26)29/h4-13,34H,3H2,1-2H3. The molecule has 0 atom stereocenters. The Morgan fingerprint density at radius 3 is 2.50 bits per heavy atom. The molecule has 5 aromatic rings. The summed E-state index contributed by atoms with van der Waals surface area (Å²) in [5, 5.41) is 0. The van der Waals surface area contributed by atoms with Crippen molar-refractivity contribution < 1.29 is 26.0 Å². The first-order chi connectivity index (χ1) is 18.1. The Morgan fingerprint density at radius 1 is 0.947 bits per heavy atom. The molecule has 1 N–H and O–H groups in total. The van der Waals surface area contributed by atoms with Crippen LogP contribution in [0, 0.1) is 30.2 Å². The number of nitrogens with zero attached hydrogens (tertiary/aromatic N) is 4. The van der Waals surface area contributed by atoms with Gasteiger partial charge in [0.25, 0.3) is 10.0 Å². The number of nitrogens with one attached hydrogen (secondary N) is 1. The summed E-state index contributed by atoms with van der Waals surface area (Å²) in [6.45, 7) is 3.13. The van der Waals surface area contributed by atoms with E-state index in [9.17, 15) is 21.6 Å². The van der Waals surface area contributed by atoms with E-state index in [4.69, 9.17) is 0 Å². The van der Waals surface area contributed by atoms with Crippen LogP contribution < -0.4 is 4.72 Å². The zero-order valence-corrected chi connectivity index (χ0v) is 20.8. The molecule has 0 radical (unpaired) electrons. The predicted octanol–water partition coefficient (Wildman–Crippen LogP) is 5.69. The van der Waals surface area contributed by atoms with E-state index >= 15 is 4.39 Å². The lowest BCUT2D eigenvalue weighted by Gasteiger charge is -2.13. The number of halogens is 4. The van der Waals surface area contributed by atoms with E-state index in [2.05, 4.69) is 15.0 Å². The van der Waals surface area contributed by atoms with Gasteiger partial charge in [0.2, 0.25) is 0 Å². The number of hydrogen-bond donors (Lipinski definition) is 1. The van der Waals surface area contributed by atoms with Gasteiger partial charge in [-0.25, -0.2) is 40.9 Å². The number of pyridine rings is 1. The largest absolute Gasteiger partial charge is 0.295 e. The third-order valence-corrected chi connectivity index (χ3v) is 7.26. The highest BCUT2D eigenvalue weighted by atomic mass is 32.2. The predicted molar refractivity (Wildman–Crippen MR) is 133 cm³/mol. The van der Waals surface area contributed by atoms with Crippen molar-refractivity contribution in [3.63, 3.8) is 0 Å². The molecule has 0 fully saturated rings. The molecule has 0 aliphatic carbocycles. The minimum absolute atomic E-state index is 0.0443. The summed E-state index contributed by atoms with van der Waals surface area (Å²) in [7, 11) is -4.86. The minimum atomic E-state index is -4.86. The van der Waals surface area contributed by atoms with Crippen molar-refractivity contribution in [2.75, 3.05) is 4.72 Å². The summed E-state index contributed by atoms with van der Waals surface area (Å²) < 4.78 is 88.0. The molecule has 5 rings (SSSR count). The minimum Gasteiger partial charge on any atom is -0.295 e. The van der Waals surface area contributed by atoms with Gasteiger partial charge in [0.15, 0.2) is 10.7 Å². The fourth-order valence-corrected chi connectivity index (χ4v) is 5.29. The first-order valence-corrected chi connectivity index (χ1v) is 12.8. The topological polar surface area (TPSA) is 89.2 Å². The van der Waals surface area contributed by atoms with Crippen LogP contribution in [0.25, 0.3) is 28.3 Å². The van der Waals surface area contributed by atoms with E-state index in [-0.39, 0.29) is 28.2 Å². The molecule has 0 bridgehead atoms. The van der Waals surface area contributed by atoms with Gasteiger partial charge in [-0.15, -0.1) is 0 Å². The van der Waals surface area contributed by atoms with Crippen LogP contribution in [0.1, 0.15) is 18.3 Å². The Labute approximate surface area is 214 Å². The summed E-state index contributed by atoms with van der Waals surface area (Å²) in [4.78, 5) is 11.9. The van der Waals surface area contributed by atoms with Crippen molar-refractivity contribution in [2.45, 2.75) is 25.2 Å². The quantitative estimate of drug-likeness (QED) is 0.279. The molecule has 0 aliphatic rings. The van der Waals surface area contributed by atoms with Crippen LogP contribution in [0.2, 0.25) is 0 Å². The summed E-state index contributed by atoms with van der Waals surface area (Å²) in [6, 6.07) is 9.87. The van der Waals surface area contributed by atoms with Gasteiger partial charge in [-0.3, -0.25) is 9.12 Å². The molecule has 194 valence electrons. The van der Waals surface area contributed by atoms with Gasteiger partial charge in [0.1, 0.15) is 34.6 Å². The fourth-order valence-electron chi connectivity index (χ4n) is 4.02. The zero-order valence-electron chi connectivity index (χ0n) is 20.0. The van der Waals surface area contributed by atoms with Crippen molar-refractivity contribution in [3.8, 4) is 22.6 Å². The van der Waals surface area contributed by atoms with E-state index in [1.165, 1.54) is 48.0 Å². The molecular weight excluding hydrogens is 522 g/mol. The maximum absolute atomic E-state index is 15.9. The van der Waals surface area contributed by atoms with Crippen LogP contribution in [0.5, 0.6) is 0 Å². The first kappa shape index (κ1) is 25.3. The van der Waals surface area contributed by atoms with Crippen LogP contribution in [0.3, 0.4) is 0 Å². The third-order valence-electron chi connectivity index (χ3n) is 5.86. The number of anilines is 1. The van der Waals surface area contributed by atoms with Crippen LogP contribution in [-0.4, -0.2) is 27.8 Å². The second-order valence-electron chi connectivity index (χ2n) is 8.38. The molecule has 0 saturated heterocycles. The Bertz CT molecular complexity index is 1820. The van der Waals surface area contributed by atoms with Gasteiger partial charge < -0.3 is 0 Å². The van der Waals surface area contributed by atoms with Gasteiger partial charge in [-0.1, -0.05) is 19.1 Å². The van der Waals surface area contributed by atoms with Crippen molar-refractivity contribution in [2.24, 2.45) is 0 Å². The normalized spacial score (nSPS) is 11.7. The van der Waals surface area contributed by atoms with Gasteiger partial charge >= 0.3 is 0 Å². The van der Waals surface area contributed by atoms with Crippen molar-refractivity contribution in [1.29, 1.82) is 0 Å². The molecule has 12 heteroatoms. The summed E-state index contributed by atoms with van der Waals surface area (Å²) in [6.07, 6.45) is 3.18. The highest BCUT2D eigenvalue weighted by Crippen LogP contribution is 2.36. The number of benzene rings is 2. The van der Waals surface area contributed by atoms with E-state index in [0.717, 1.165) is 18.2 Å².